The Morgan fingerprint density at radius 1 is 0.327 bits per heavy atom. The summed E-state index contributed by atoms with van der Waals surface area (Å²) in [5.41, 5.74) is 3.02. The number of carbonyl (C=O) groups is 8. The molecule has 2 aliphatic rings. The van der Waals surface area contributed by atoms with Gasteiger partial charge in [0, 0.05) is 54.2 Å². The fourth-order valence-electron chi connectivity index (χ4n) is 13.7. The SMILES string of the molecule is C=C(C)C(=O)OCCOCCOC(=O)C(C(C)C)N1C(=O)c2cc(Oc3ccc(C(C)(C)C)cc3)c3c4c(Oc5ccc(C(C)(C)C)cc5)cc5c6c(cc(Oc7ccc(C(C)(C)C)cc7)c(c7c(Oc8ccc(C(C)(C)C)cc8)cc(c2c37)C1=O)c64)C(=O)N(C(C(=O)OCCOCCOC(=O)C(=C)C)C(C)C)C5=O. The molecule has 110 heavy (non-hydrogen) atoms. The number of fused-ring (bicyclic) bond motifs is 2. The first-order valence-electron chi connectivity index (χ1n) is 37.2. The minimum Gasteiger partial charge on any atom is -0.462 e. The molecule has 2 unspecified atom stereocenters. The zero-order chi connectivity index (χ0) is 80.0. The van der Waals surface area contributed by atoms with Crippen LogP contribution in [0.3, 0.4) is 0 Å². The summed E-state index contributed by atoms with van der Waals surface area (Å²) in [4.78, 5) is 121. The normalized spacial score (nSPS) is 13.9. The van der Waals surface area contributed by atoms with Crippen molar-refractivity contribution in [3.63, 3.8) is 0 Å². The van der Waals surface area contributed by atoms with Crippen molar-refractivity contribution in [1.29, 1.82) is 0 Å². The molecular weight excluding hydrogens is 1400 g/mol. The molecule has 0 fully saturated rings. The van der Waals surface area contributed by atoms with Crippen molar-refractivity contribution in [2.24, 2.45) is 11.8 Å². The van der Waals surface area contributed by atoms with Crippen LogP contribution in [0.2, 0.25) is 0 Å². The topological polar surface area (TPSA) is 235 Å². The summed E-state index contributed by atoms with van der Waals surface area (Å²) in [5.74, 6) is -6.43. The maximum atomic E-state index is 16.3. The highest BCUT2D eigenvalue weighted by Gasteiger charge is 2.48. The molecule has 0 bridgehead atoms. The Labute approximate surface area is 642 Å². The second-order valence-electron chi connectivity index (χ2n) is 32.9. The average Bonchev–Trinajstić information content (AvgIpc) is 0.670. The van der Waals surface area contributed by atoms with Crippen LogP contribution in [0.4, 0.5) is 0 Å². The second-order valence-corrected chi connectivity index (χ2v) is 32.9. The van der Waals surface area contributed by atoms with Crippen LogP contribution in [-0.2, 0) is 69.3 Å². The third-order valence-electron chi connectivity index (χ3n) is 19.6. The van der Waals surface area contributed by atoms with Gasteiger partial charge in [-0.05, 0) is 142 Å². The first kappa shape index (κ1) is 80.1. The molecule has 0 aromatic heterocycles. The van der Waals surface area contributed by atoms with Crippen LogP contribution in [0, 0.1) is 11.8 Å². The Balaban J connectivity index is 1.23. The molecule has 0 radical (unpaired) electrons. The molecular formula is C90H98N2O18. The number of amides is 4. The fraction of sp³-hybridized carbons (Fsp3) is 0.378. The number of imide groups is 2. The summed E-state index contributed by atoms with van der Waals surface area (Å²) >= 11 is 0. The van der Waals surface area contributed by atoms with Gasteiger partial charge in [-0.25, -0.2) is 19.2 Å². The zero-order valence-electron chi connectivity index (χ0n) is 66.2. The fourth-order valence-corrected chi connectivity index (χ4v) is 13.7. The van der Waals surface area contributed by atoms with Gasteiger partial charge < -0.3 is 47.4 Å². The molecule has 576 valence electrons. The predicted octanol–water partition coefficient (Wildman–Crippen LogP) is 18.7. The van der Waals surface area contributed by atoms with Gasteiger partial charge >= 0.3 is 23.9 Å². The predicted molar refractivity (Wildman–Crippen MR) is 422 cm³/mol. The smallest absolute Gasteiger partial charge is 0.333 e. The molecule has 9 aromatic rings. The average molecular weight is 1500 g/mol. The van der Waals surface area contributed by atoms with Crippen LogP contribution in [-0.4, -0.2) is 122 Å². The summed E-state index contributed by atoms with van der Waals surface area (Å²) in [6.07, 6.45) is 0. The number of carbonyl (C=O) groups excluding carboxylic acids is 8. The summed E-state index contributed by atoms with van der Waals surface area (Å²) in [7, 11) is 0. The van der Waals surface area contributed by atoms with Crippen LogP contribution in [0.5, 0.6) is 46.0 Å². The molecule has 0 N–H and O–H groups in total. The highest BCUT2D eigenvalue weighted by molar-refractivity contribution is 6.45. The maximum Gasteiger partial charge on any atom is 0.333 e. The van der Waals surface area contributed by atoms with E-state index in [2.05, 4.69) is 96.2 Å². The molecule has 20 heteroatoms. The standard InChI is InChI=1S/C90H98N2O18/c1-49(2)77(85(99)105-43-39-101-37-41-103-83(97)51(5)6)91-79(93)61-45-65(107-57-29-21-53(22-30-57)87(9,10)11)71-73-67(109-59-33-25-55(26-34-59)89(15,16)17)47-63-70-64(82(96)92(81(63)95)78(50(3)4)86(100)106-44-40-102-38-42-104-84(98)52(7)8)48-68(110-60-35-27-56(28-36-60)90(18,19)20)74(76(70)73)72-66(46-62(80(91)94)69(61)75(71)72)108-58-31-23-54(24-32-58)88(12,13)14/h21-36,45-50,77-78H,5,7,37-44H2,1-4,6,8-20H3. The monoisotopic (exact) mass is 1490 g/mol. The van der Waals surface area contributed by atoms with Gasteiger partial charge in [0.15, 0.2) is 0 Å². The third-order valence-corrected chi connectivity index (χ3v) is 19.6. The first-order chi connectivity index (χ1) is 51.8. The van der Waals surface area contributed by atoms with E-state index in [0.29, 0.717) is 23.0 Å². The summed E-state index contributed by atoms with van der Waals surface area (Å²) in [6.45, 7) is 41.1. The summed E-state index contributed by atoms with van der Waals surface area (Å²) < 4.78 is 62.5. The van der Waals surface area contributed by atoms with Crippen molar-refractivity contribution in [2.75, 3.05) is 52.9 Å². The van der Waals surface area contributed by atoms with Gasteiger partial charge in [0.05, 0.1) is 48.7 Å². The lowest BCUT2D eigenvalue weighted by Crippen LogP contribution is -2.53. The highest BCUT2D eigenvalue weighted by Crippen LogP contribution is 2.58. The Kier molecular flexibility index (Phi) is 23.0. The molecule has 9 aromatic carbocycles. The number of hydrogen-bond donors (Lipinski definition) is 0. The number of ether oxygens (including phenoxy) is 10. The molecule has 11 rings (SSSR count). The number of benzene rings is 9. The minimum atomic E-state index is -1.52. The van der Waals surface area contributed by atoms with Crippen LogP contribution in [0.15, 0.2) is 146 Å². The molecule has 20 nitrogen and oxygen atoms in total. The molecule has 4 amide bonds. The highest BCUT2D eigenvalue weighted by atomic mass is 16.6. The van der Waals surface area contributed by atoms with Crippen LogP contribution in [0.1, 0.15) is 188 Å². The van der Waals surface area contributed by atoms with Gasteiger partial charge in [-0.3, -0.25) is 29.0 Å². The lowest BCUT2D eigenvalue weighted by atomic mass is 9.80. The van der Waals surface area contributed by atoms with Crippen LogP contribution >= 0.6 is 0 Å². The Hall–Kier alpha value is -11.0. The second kappa shape index (κ2) is 31.6. The Bertz CT molecular complexity index is 4550. The van der Waals surface area contributed by atoms with E-state index >= 15 is 19.2 Å². The van der Waals surface area contributed by atoms with Crippen molar-refractivity contribution in [1.82, 2.24) is 9.80 Å². The van der Waals surface area contributed by atoms with E-state index in [1.165, 1.54) is 13.8 Å². The summed E-state index contributed by atoms with van der Waals surface area (Å²) in [5, 5.41) is 1.74. The molecule has 2 aliphatic heterocycles. The van der Waals surface area contributed by atoms with Gasteiger partial charge in [0.1, 0.15) is 84.5 Å². The number of nitrogens with zero attached hydrogens (tertiary/aromatic N) is 2. The van der Waals surface area contributed by atoms with E-state index in [1.807, 2.05) is 97.1 Å². The Morgan fingerprint density at radius 3 is 0.745 bits per heavy atom. The first-order valence-corrected chi connectivity index (χ1v) is 37.2. The van der Waals surface area contributed by atoms with E-state index in [1.54, 1.807) is 52.0 Å². The number of rotatable bonds is 28. The van der Waals surface area contributed by atoms with Gasteiger partial charge in [-0.15, -0.1) is 0 Å². The summed E-state index contributed by atoms with van der Waals surface area (Å²) in [6, 6.07) is 33.2. The van der Waals surface area contributed by atoms with Crippen molar-refractivity contribution in [2.45, 2.75) is 158 Å². The van der Waals surface area contributed by atoms with Crippen molar-refractivity contribution < 1.29 is 85.7 Å². The zero-order valence-corrected chi connectivity index (χ0v) is 66.2. The molecule has 0 aliphatic carbocycles. The van der Waals surface area contributed by atoms with Crippen molar-refractivity contribution in [3.05, 3.63) is 190 Å². The molecule has 2 atom stereocenters. The Morgan fingerprint density at radius 2 is 0.545 bits per heavy atom. The van der Waals surface area contributed by atoms with Crippen molar-refractivity contribution in [3.8, 4) is 46.0 Å². The van der Waals surface area contributed by atoms with Crippen LogP contribution < -0.4 is 18.9 Å². The van der Waals surface area contributed by atoms with Gasteiger partial charge in [-0.2, -0.15) is 0 Å². The van der Waals surface area contributed by atoms with Gasteiger partial charge in [0.25, 0.3) is 23.6 Å². The lowest BCUT2D eigenvalue weighted by molar-refractivity contribution is -0.152. The van der Waals surface area contributed by atoms with E-state index < -0.39 is 71.4 Å². The van der Waals surface area contributed by atoms with Gasteiger partial charge in [-0.1, -0.05) is 172 Å². The van der Waals surface area contributed by atoms with Crippen molar-refractivity contribution >= 4 is 90.6 Å². The number of hydrogen-bond acceptors (Lipinski definition) is 18. The number of esters is 4. The largest absolute Gasteiger partial charge is 0.462 e. The van der Waals surface area contributed by atoms with E-state index in [9.17, 15) is 19.2 Å². The third kappa shape index (κ3) is 16.5. The quantitative estimate of drug-likeness (QED) is 0.00843. The van der Waals surface area contributed by atoms with Crippen LogP contribution in [0.25, 0.3) is 43.1 Å². The van der Waals surface area contributed by atoms with E-state index in [0.717, 1.165) is 32.1 Å². The lowest BCUT2D eigenvalue weighted by Gasteiger charge is -2.36. The molecule has 2 heterocycles. The van der Waals surface area contributed by atoms with Gasteiger partial charge in [0.2, 0.25) is 0 Å². The van der Waals surface area contributed by atoms with E-state index in [-0.39, 0.29) is 174 Å². The molecule has 0 saturated carbocycles. The molecule has 0 spiro atoms. The van der Waals surface area contributed by atoms with E-state index in [4.69, 9.17) is 47.4 Å². The minimum absolute atomic E-state index is 0.0168. The maximum absolute atomic E-state index is 16.3. The molecule has 0 saturated heterocycles.